The Morgan fingerprint density at radius 2 is 1.83 bits per heavy atom. The highest BCUT2D eigenvalue weighted by atomic mass is 32.2. The number of anilines is 1. The topological polar surface area (TPSA) is 52.5 Å². The standard InChI is InChI=1S/C17H22N4OS/c22-11-10-20-6-8-21(9-7-20)16-12-18-13-17(19-16)23-14-15-4-2-1-3-5-15/h1-5,12-13,22H,6-11,14H2. The summed E-state index contributed by atoms with van der Waals surface area (Å²) in [4.78, 5) is 13.6. The molecule has 0 spiro atoms. The Bertz CT molecular complexity index is 603. The van der Waals surface area contributed by atoms with Gasteiger partial charge in [0, 0.05) is 38.5 Å². The Kier molecular flexibility index (Phi) is 5.85. The van der Waals surface area contributed by atoms with Gasteiger partial charge in [-0.1, -0.05) is 30.3 Å². The summed E-state index contributed by atoms with van der Waals surface area (Å²) >= 11 is 1.72. The molecule has 5 nitrogen and oxygen atoms in total. The highest BCUT2D eigenvalue weighted by Crippen LogP contribution is 2.22. The van der Waals surface area contributed by atoms with Crippen LogP contribution in [0.2, 0.25) is 0 Å². The molecule has 122 valence electrons. The minimum atomic E-state index is 0.228. The molecule has 1 aromatic heterocycles. The van der Waals surface area contributed by atoms with Gasteiger partial charge in [0.1, 0.15) is 10.8 Å². The lowest BCUT2D eigenvalue weighted by atomic mass is 10.2. The number of nitrogens with zero attached hydrogens (tertiary/aromatic N) is 4. The van der Waals surface area contributed by atoms with Gasteiger partial charge in [-0.15, -0.1) is 11.8 Å². The summed E-state index contributed by atoms with van der Waals surface area (Å²) in [6.07, 6.45) is 3.67. The summed E-state index contributed by atoms with van der Waals surface area (Å²) in [5.74, 6) is 1.86. The van der Waals surface area contributed by atoms with Gasteiger partial charge in [-0.2, -0.15) is 0 Å². The van der Waals surface area contributed by atoms with E-state index in [-0.39, 0.29) is 6.61 Å². The molecule has 0 bridgehead atoms. The predicted molar refractivity (Wildman–Crippen MR) is 93.8 cm³/mol. The number of rotatable bonds is 6. The second-order valence-corrected chi connectivity index (χ2v) is 6.54. The van der Waals surface area contributed by atoms with E-state index in [0.717, 1.165) is 49.3 Å². The number of β-amino-alcohol motifs (C(OH)–C–C–N with tert-alkyl or cyclic N) is 1. The minimum absolute atomic E-state index is 0.228. The van der Waals surface area contributed by atoms with Gasteiger partial charge < -0.3 is 10.0 Å². The second-order valence-electron chi connectivity index (χ2n) is 5.54. The van der Waals surface area contributed by atoms with Gasteiger partial charge in [0.2, 0.25) is 0 Å². The Hall–Kier alpha value is -1.63. The lowest BCUT2D eigenvalue weighted by Gasteiger charge is -2.34. The van der Waals surface area contributed by atoms with E-state index in [4.69, 9.17) is 10.1 Å². The largest absolute Gasteiger partial charge is 0.395 e. The lowest BCUT2D eigenvalue weighted by molar-refractivity contribution is 0.188. The molecule has 0 saturated carbocycles. The van der Waals surface area contributed by atoms with Gasteiger partial charge in [0.15, 0.2) is 0 Å². The predicted octanol–water partition coefficient (Wildman–Crippen LogP) is 1.88. The van der Waals surface area contributed by atoms with Crippen molar-refractivity contribution in [3.05, 3.63) is 48.3 Å². The summed E-state index contributed by atoms with van der Waals surface area (Å²) in [5.41, 5.74) is 1.29. The van der Waals surface area contributed by atoms with Crippen LogP contribution in [-0.2, 0) is 5.75 Å². The molecule has 1 N–H and O–H groups in total. The molecule has 23 heavy (non-hydrogen) atoms. The smallest absolute Gasteiger partial charge is 0.148 e. The Morgan fingerprint density at radius 3 is 2.57 bits per heavy atom. The quantitative estimate of drug-likeness (QED) is 0.816. The van der Waals surface area contributed by atoms with Gasteiger partial charge in [0.05, 0.1) is 19.0 Å². The van der Waals surface area contributed by atoms with Crippen LogP contribution in [0.15, 0.2) is 47.8 Å². The van der Waals surface area contributed by atoms with Gasteiger partial charge in [-0.05, 0) is 5.56 Å². The van der Waals surface area contributed by atoms with Crippen LogP contribution >= 0.6 is 11.8 Å². The molecule has 0 atom stereocenters. The monoisotopic (exact) mass is 330 g/mol. The zero-order chi connectivity index (χ0) is 15.9. The number of aromatic nitrogens is 2. The number of aliphatic hydroxyl groups is 1. The maximum atomic E-state index is 9.01. The van der Waals surface area contributed by atoms with Crippen molar-refractivity contribution < 1.29 is 5.11 Å². The van der Waals surface area contributed by atoms with E-state index in [1.807, 2.05) is 18.5 Å². The van der Waals surface area contributed by atoms with Crippen molar-refractivity contribution in [2.75, 3.05) is 44.2 Å². The fourth-order valence-electron chi connectivity index (χ4n) is 2.63. The van der Waals surface area contributed by atoms with Crippen LogP contribution in [0.1, 0.15) is 5.56 Å². The zero-order valence-corrected chi connectivity index (χ0v) is 14.0. The first-order chi connectivity index (χ1) is 11.3. The fraction of sp³-hybridized carbons (Fsp3) is 0.412. The molecule has 2 aromatic rings. The molecule has 0 amide bonds. The highest BCUT2D eigenvalue weighted by Gasteiger charge is 2.18. The Morgan fingerprint density at radius 1 is 1.04 bits per heavy atom. The summed E-state index contributed by atoms with van der Waals surface area (Å²) in [6.45, 7) is 4.77. The number of thioether (sulfide) groups is 1. The van der Waals surface area contributed by atoms with E-state index in [9.17, 15) is 0 Å². The molecule has 0 unspecified atom stereocenters. The maximum absolute atomic E-state index is 9.01. The molecule has 1 aromatic carbocycles. The van der Waals surface area contributed by atoms with Crippen molar-refractivity contribution in [3.8, 4) is 0 Å². The van der Waals surface area contributed by atoms with Crippen molar-refractivity contribution in [2.45, 2.75) is 10.8 Å². The molecule has 1 aliphatic heterocycles. The Balaban J connectivity index is 1.57. The first-order valence-electron chi connectivity index (χ1n) is 7.92. The van der Waals surface area contributed by atoms with Crippen LogP contribution in [0.3, 0.4) is 0 Å². The van der Waals surface area contributed by atoms with Gasteiger partial charge in [0.25, 0.3) is 0 Å². The Labute approximate surface area is 141 Å². The number of benzene rings is 1. The van der Waals surface area contributed by atoms with E-state index < -0.39 is 0 Å². The van der Waals surface area contributed by atoms with Crippen LogP contribution in [0.25, 0.3) is 0 Å². The first-order valence-corrected chi connectivity index (χ1v) is 8.90. The van der Waals surface area contributed by atoms with Crippen LogP contribution in [0.4, 0.5) is 5.82 Å². The van der Waals surface area contributed by atoms with Crippen molar-refractivity contribution in [2.24, 2.45) is 0 Å². The molecule has 2 heterocycles. The third-order valence-corrected chi connectivity index (χ3v) is 4.91. The van der Waals surface area contributed by atoms with Gasteiger partial charge in [-0.3, -0.25) is 9.88 Å². The second kappa shape index (κ2) is 8.29. The minimum Gasteiger partial charge on any atom is -0.395 e. The average molecular weight is 330 g/mol. The van der Waals surface area contributed by atoms with E-state index in [1.165, 1.54) is 5.56 Å². The molecular formula is C17H22N4OS. The summed E-state index contributed by atoms with van der Waals surface area (Å²) in [7, 11) is 0. The molecule has 0 aliphatic carbocycles. The van der Waals surface area contributed by atoms with Crippen LogP contribution in [0.5, 0.6) is 0 Å². The fourth-order valence-corrected chi connectivity index (χ4v) is 3.43. The van der Waals surface area contributed by atoms with Crippen LogP contribution in [-0.4, -0.2) is 59.3 Å². The van der Waals surface area contributed by atoms with Crippen molar-refractivity contribution >= 4 is 17.6 Å². The van der Waals surface area contributed by atoms with Gasteiger partial charge in [-0.25, -0.2) is 4.98 Å². The normalized spacial score (nSPS) is 15.8. The third kappa shape index (κ3) is 4.67. The molecule has 1 saturated heterocycles. The number of aliphatic hydroxyl groups excluding tert-OH is 1. The third-order valence-electron chi connectivity index (χ3n) is 3.94. The SMILES string of the molecule is OCCN1CCN(c2cncc(SCc3ccccc3)n2)CC1. The molecule has 3 rings (SSSR count). The first kappa shape index (κ1) is 16.2. The average Bonchev–Trinajstić information content (AvgIpc) is 2.62. The van der Waals surface area contributed by atoms with Crippen molar-refractivity contribution in [1.29, 1.82) is 0 Å². The number of piperazine rings is 1. The summed E-state index contributed by atoms with van der Waals surface area (Å²) in [6, 6.07) is 10.4. The van der Waals surface area contributed by atoms with Crippen LogP contribution < -0.4 is 4.90 Å². The molecule has 1 aliphatic rings. The maximum Gasteiger partial charge on any atom is 0.148 e. The molecule has 1 fully saturated rings. The zero-order valence-electron chi connectivity index (χ0n) is 13.1. The van der Waals surface area contributed by atoms with E-state index >= 15 is 0 Å². The summed E-state index contributed by atoms with van der Waals surface area (Å²) < 4.78 is 0. The lowest BCUT2D eigenvalue weighted by Crippen LogP contribution is -2.47. The molecule has 0 radical (unpaired) electrons. The van der Waals surface area contributed by atoms with Crippen LogP contribution in [0, 0.1) is 0 Å². The highest BCUT2D eigenvalue weighted by molar-refractivity contribution is 7.98. The number of hydrogen-bond donors (Lipinski definition) is 1. The van der Waals surface area contributed by atoms with E-state index in [0.29, 0.717) is 0 Å². The van der Waals surface area contributed by atoms with Gasteiger partial charge >= 0.3 is 0 Å². The molecule has 6 heteroatoms. The summed E-state index contributed by atoms with van der Waals surface area (Å²) in [5, 5.41) is 9.97. The van der Waals surface area contributed by atoms with Crippen molar-refractivity contribution in [3.63, 3.8) is 0 Å². The number of hydrogen-bond acceptors (Lipinski definition) is 6. The van der Waals surface area contributed by atoms with E-state index in [2.05, 4.69) is 39.0 Å². The van der Waals surface area contributed by atoms with E-state index in [1.54, 1.807) is 11.8 Å². The van der Waals surface area contributed by atoms with Crippen molar-refractivity contribution in [1.82, 2.24) is 14.9 Å². The molecular weight excluding hydrogens is 308 g/mol.